The Morgan fingerprint density at radius 1 is 0.974 bits per heavy atom. The highest BCUT2D eigenvalue weighted by Gasteiger charge is 2.43. The molecule has 2 aliphatic carbocycles. The molecule has 0 unspecified atom stereocenters. The lowest BCUT2D eigenvalue weighted by Crippen LogP contribution is -2.39. The van der Waals surface area contributed by atoms with Gasteiger partial charge >= 0.3 is 5.97 Å². The monoisotopic (exact) mass is 516 g/mol. The van der Waals surface area contributed by atoms with Gasteiger partial charge in [0.15, 0.2) is 11.6 Å². The predicted molar refractivity (Wildman–Crippen MR) is 137 cm³/mol. The van der Waals surface area contributed by atoms with Crippen LogP contribution < -0.4 is 4.74 Å². The molecule has 196 valence electrons. The molecule has 9 nitrogen and oxygen atoms in total. The van der Waals surface area contributed by atoms with E-state index in [0.717, 1.165) is 22.5 Å². The average molecular weight is 517 g/mol. The van der Waals surface area contributed by atoms with Gasteiger partial charge in [0.25, 0.3) is 5.69 Å². The molecule has 0 fully saturated rings. The van der Waals surface area contributed by atoms with Gasteiger partial charge in [-0.2, -0.15) is 0 Å². The van der Waals surface area contributed by atoms with Crippen LogP contribution in [0, 0.1) is 10.1 Å². The van der Waals surface area contributed by atoms with E-state index >= 15 is 0 Å². The molecule has 1 heterocycles. The van der Waals surface area contributed by atoms with Crippen LogP contribution in [0.3, 0.4) is 0 Å². The molecular formula is C29H28N2O7. The number of carbonyl (C=O) groups excluding carboxylic acids is 2. The van der Waals surface area contributed by atoms with Crippen LogP contribution in [0.5, 0.6) is 5.75 Å². The van der Waals surface area contributed by atoms with Crippen LogP contribution in [0.4, 0.5) is 5.69 Å². The van der Waals surface area contributed by atoms with Crippen LogP contribution in [0.1, 0.15) is 62.0 Å². The van der Waals surface area contributed by atoms with Crippen LogP contribution in [0.15, 0.2) is 71.1 Å². The number of nitrogens with zero attached hydrogens (tertiary/aromatic N) is 2. The van der Waals surface area contributed by atoms with Crippen molar-refractivity contribution < 1.29 is 29.2 Å². The van der Waals surface area contributed by atoms with E-state index < -0.39 is 16.8 Å². The van der Waals surface area contributed by atoms with Gasteiger partial charge in [-0.3, -0.25) is 24.5 Å². The zero-order valence-electron chi connectivity index (χ0n) is 20.9. The predicted octanol–water partition coefficient (Wildman–Crippen LogP) is 5.06. The molecular weight excluding hydrogens is 488 g/mol. The number of non-ortho nitro benzene ring substituents is 1. The molecule has 38 heavy (non-hydrogen) atoms. The molecule has 0 bridgehead atoms. The van der Waals surface area contributed by atoms with Crippen molar-refractivity contribution in [2.24, 2.45) is 0 Å². The smallest absolute Gasteiger partial charge is 0.305 e. The SMILES string of the molecule is O=C(O)CCN1C2=C(C(=O)CCC2)C(c2cccc(OCc3ccc([N+](=O)[O-])cc3)c2)C2=C1CCCC2=O. The first-order valence-electron chi connectivity index (χ1n) is 12.8. The quantitative estimate of drug-likeness (QED) is 0.381. The minimum Gasteiger partial charge on any atom is -0.489 e. The molecule has 3 aliphatic rings. The summed E-state index contributed by atoms with van der Waals surface area (Å²) in [5, 5.41) is 20.2. The van der Waals surface area contributed by atoms with Gasteiger partial charge in [0.05, 0.1) is 11.3 Å². The van der Waals surface area contributed by atoms with Crippen molar-refractivity contribution in [2.45, 2.75) is 57.5 Å². The Hall–Kier alpha value is -4.27. The summed E-state index contributed by atoms with van der Waals surface area (Å²) in [7, 11) is 0. The first-order valence-corrected chi connectivity index (χ1v) is 12.8. The Bertz CT molecular complexity index is 1330. The molecule has 1 aliphatic heterocycles. The number of nitro groups is 1. The topological polar surface area (TPSA) is 127 Å². The number of benzene rings is 2. The van der Waals surface area contributed by atoms with Crippen molar-refractivity contribution >= 4 is 23.2 Å². The lowest BCUT2D eigenvalue weighted by Gasteiger charge is -2.44. The van der Waals surface area contributed by atoms with E-state index in [2.05, 4.69) is 0 Å². The standard InChI is InChI=1S/C29H28N2O7/c32-24-8-2-6-22-28(24)27(29-23(7-3-9-25(29)33)30(22)15-14-26(34)35)19-4-1-5-21(16-19)38-17-18-10-12-20(13-11-18)31(36)37/h1,4-5,10-13,16,27H,2-3,6-9,14-15,17H2,(H,34,35). The third-order valence-corrected chi connectivity index (χ3v) is 7.38. The Balaban J connectivity index is 1.50. The number of carboxylic acid groups (broad SMARTS) is 1. The van der Waals surface area contributed by atoms with E-state index in [-0.39, 0.29) is 36.8 Å². The zero-order valence-corrected chi connectivity index (χ0v) is 20.9. The largest absolute Gasteiger partial charge is 0.489 e. The lowest BCUT2D eigenvalue weighted by molar-refractivity contribution is -0.384. The van der Waals surface area contributed by atoms with E-state index in [1.807, 2.05) is 23.1 Å². The van der Waals surface area contributed by atoms with Gasteiger partial charge in [-0.05, 0) is 61.1 Å². The number of hydrogen-bond donors (Lipinski definition) is 1. The van der Waals surface area contributed by atoms with E-state index in [4.69, 9.17) is 4.74 Å². The molecule has 0 aromatic heterocycles. The minimum atomic E-state index is -0.918. The summed E-state index contributed by atoms with van der Waals surface area (Å²) in [6.45, 7) is 0.438. The molecule has 0 radical (unpaired) electrons. The van der Waals surface area contributed by atoms with Crippen LogP contribution in [0.2, 0.25) is 0 Å². The number of allylic oxidation sites excluding steroid dienone is 4. The molecule has 9 heteroatoms. The second-order valence-electron chi connectivity index (χ2n) is 9.79. The number of ether oxygens (including phenoxy) is 1. The maximum Gasteiger partial charge on any atom is 0.305 e. The minimum absolute atomic E-state index is 0.00120. The number of Topliss-reactive ketones (excluding diaryl/α,β-unsaturated/α-hetero) is 2. The fourth-order valence-electron chi connectivity index (χ4n) is 5.69. The summed E-state index contributed by atoms with van der Waals surface area (Å²) < 4.78 is 5.99. The molecule has 2 aromatic rings. The number of ketones is 2. The molecule has 0 spiro atoms. The van der Waals surface area contributed by atoms with Crippen LogP contribution in [0.25, 0.3) is 0 Å². The molecule has 0 saturated heterocycles. The van der Waals surface area contributed by atoms with E-state index in [0.29, 0.717) is 55.4 Å². The second-order valence-corrected chi connectivity index (χ2v) is 9.79. The number of carbonyl (C=O) groups is 3. The Kier molecular flexibility index (Phi) is 7.09. The van der Waals surface area contributed by atoms with Crippen molar-refractivity contribution in [3.05, 3.63) is 92.3 Å². The third-order valence-electron chi connectivity index (χ3n) is 7.38. The van der Waals surface area contributed by atoms with Crippen molar-refractivity contribution in [1.82, 2.24) is 4.90 Å². The van der Waals surface area contributed by atoms with Gasteiger partial charge in [-0.15, -0.1) is 0 Å². The maximum absolute atomic E-state index is 13.3. The van der Waals surface area contributed by atoms with Crippen molar-refractivity contribution in [3.8, 4) is 5.75 Å². The number of hydrogen-bond acceptors (Lipinski definition) is 7. The number of nitro benzene ring substituents is 1. The fourth-order valence-corrected chi connectivity index (χ4v) is 5.69. The summed E-state index contributed by atoms with van der Waals surface area (Å²) in [6.07, 6.45) is 3.44. The number of aliphatic carboxylic acids is 1. The van der Waals surface area contributed by atoms with Gasteiger partial charge in [-0.1, -0.05) is 12.1 Å². The summed E-state index contributed by atoms with van der Waals surface area (Å²) in [5.41, 5.74) is 4.46. The average Bonchev–Trinajstić information content (AvgIpc) is 2.91. The Morgan fingerprint density at radius 2 is 1.61 bits per heavy atom. The number of carboxylic acids is 1. The Morgan fingerprint density at radius 3 is 2.18 bits per heavy atom. The fraction of sp³-hybridized carbons (Fsp3) is 0.345. The second kappa shape index (κ2) is 10.6. The van der Waals surface area contributed by atoms with E-state index in [9.17, 15) is 29.6 Å². The van der Waals surface area contributed by atoms with E-state index in [1.54, 1.807) is 18.2 Å². The summed E-state index contributed by atoms with van der Waals surface area (Å²) in [5.74, 6) is -0.870. The highest BCUT2D eigenvalue weighted by atomic mass is 16.6. The highest BCUT2D eigenvalue weighted by Crippen LogP contribution is 2.49. The third kappa shape index (κ3) is 4.96. The number of rotatable bonds is 8. The highest BCUT2D eigenvalue weighted by molar-refractivity contribution is 6.06. The van der Waals surface area contributed by atoms with Crippen molar-refractivity contribution in [3.63, 3.8) is 0 Å². The zero-order chi connectivity index (χ0) is 26.8. The van der Waals surface area contributed by atoms with Gasteiger partial charge in [0.2, 0.25) is 0 Å². The van der Waals surface area contributed by atoms with Gasteiger partial charge in [0.1, 0.15) is 12.4 Å². The van der Waals surface area contributed by atoms with Gasteiger partial charge in [0, 0.05) is 60.0 Å². The van der Waals surface area contributed by atoms with Crippen LogP contribution in [-0.2, 0) is 21.0 Å². The van der Waals surface area contributed by atoms with Gasteiger partial charge < -0.3 is 14.7 Å². The molecule has 0 saturated carbocycles. The van der Waals surface area contributed by atoms with Crippen LogP contribution in [-0.4, -0.2) is 39.0 Å². The molecule has 2 aromatic carbocycles. The first kappa shape index (κ1) is 25.4. The summed E-state index contributed by atoms with van der Waals surface area (Å²) >= 11 is 0. The normalized spacial score (nSPS) is 17.8. The van der Waals surface area contributed by atoms with Crippen molar-refractivity contribution in [1.29, 1.82) is 0 Å². The molecule has 0 amide bonds. The van der Waals surface area contributed by atoms with Crippen LogP contribution >= 0.6 is 0 Å². The Labute approximate surface area is 219 Å². The summed E-state index contributed by atoms with van der Waals surface area (Å²) in [6, 6.07) is 13.5. The molecule has 1 N–H and O–H groups in total. The van der Waals surface area contributed by atoms with Crippen molar-refractivity contribution in [2.75, 3.05) is 6.54 Å². The molecule has 5 rings (SSSR count). The van der Waals surface area contributed by atoms with E-state index in [1.165, 1.54) is 12.1 Å². The summed E-state index contributed by atoms with van der Waals surface area (Å²) in [4.78, 5) is 50.4. The first-order chi connectivity index (χ1) is 18.3. The maximum atomic E-state index is 13.3. The lowest BCUT2D eigenvalue weighted by atomic mass is 9.71. The van der Waals surface area contributed by atoms with Gasteiger partial charge in [-0.25, -0.2) is 0 Å². The molecule has 0 atom stereocenters.